The van der Waals surface area contributed by atoms with E-state index in [-0.39, 0.29) is 17.6 Å². The van der Waals surface area contributed by atoms with Crippen LogP contribution in [0.25, 0.3) is 11.1 Å². The Balaban J connectivity index is 1.39. The molecule has 4 rings (SSSR count). The molecule has 2 N–H and O–H groups in total. The number of aromatic nitrogens is 1. The van der Waals surface area contributed by atoms with E-state index in [1.807, 2.05) is 24.3 Å². The molecule has 8 heteroatoms. The number of nitrogens with one attached hydrogen (secondary N) is 2. The summed E-state index contributed by atoms with van der Waals surface area (Å²) in [5.74, 6) is 0.321. The van der Waals surface area contributed by atoms with Crippen LogP contribution in [0, 0.1) is 0 Å². The van der Waals surface area contributed by atoms with E-state index in [1.165, 1.54) is 11.8 Å². The molecule has 1 atom stereocenters. The fraction of sp³-hybridized carbons (Fsp3) is 0.167. The number of rotatable bonds is 4. The van der Waals surface area contributed by atoms with Gasteiger partial charge in [-0.15, -0.1) is 0 Å². The fourth-order valence-electron chi connectivity index (χ4n) is 2.52. The molecular formula is C18H15N3O4S. The molecule has 1 aliphatic rings. The number of carbonyl (C=O) groups excluding carboxylic acids is 2. The Morgan fingerprint density at radius 2 is 2.15 bits per heavy atom. The lowest BCUT2D eigenvalue weighted by atomic mass is 10.2. The SMILES string of the molecule is C[C@H]1Oc2ccc(NC(=O)CSc3nc4ccccc4o3)cc2NC1=O. The Morgan fingerprint density at radius 1 is 1.31 bits per heavy atom. The minimum Gasteiger partial charge on any atom is -0.479 e. The van der Waals surface area contributed by atoms with Gasteiger partial charge in [0.05, 0.1) is 11.4 Å². The number of thioether (sulfide) groups is 1. The van der Waals surface area contributed by atoms with Gasteiger partial charge in [0.25, 0.3) is 11.1 Å². The summed E-state index contributed by atoms with van der Waals surface area (Å²) in [5.41, 5.74) is 2.56. The quantitative estimate of drug-likeness (QED) is 0.686. The van der Waals surface area contributed by atoms with E-state index >= 15 is 0 Å². The number of carbonyl (C=O) groups is 2. The van der Waals surface area contributed by atoms with Gasteiger partial charge < -0.3 is 19.8 Å². The Bertz CT molecular complexity index is 968. The molecule has 0 saturated carbocycles. The third kappa shape index (κ3) is 3.36. The standard InChI is InChI=1S/C18H15N3O4S/c1-10-17(23)20-13-8-11(6-7-15(13)24-10)19-16(22)9-26-18-21-12-4-2-3-5-14(12)25-18/h2-8,10H,9H2,1H3,(H,19,22)(H,20,23)/t10-/m1/s1. The highest BCUT2D eigenvalue weighted by Crippen LogP contribution is 2.32. The van der Waals surface area contributed by atoms with Crippen molar-refractivity contribution in [3.63, 3.8) is 0 Å². The molecule has 7 nitrogen and oxygen atoms in total. The van der Waals surface area contributed by atoms with Crippen LogP contribution in [0.4, 0.5) is 11.4 Å². The molecular weight excluding hydrogens is 354 g/mol. The number of oxazole rings is 1. The topological polar surface area (TPSA) is 93.5 Å². The van der Waals surface area contributed by atoms with Crippen molar-refractivity contribution in [3.05, 3.63) is 42.5 Å². The number of nitrogens with zero attached hydrogens (tertiary/aromatic N) is 1. The molecule has 3 aromatic rings. The number of hydrogen-bond acceptors (Lipinski definition) is 6. The summed E-state index contributed by atoms with van der Waals surface area (Å²) in [4.78, 5) is 28.2. The van der Waals surface area contributed by atoms with Crippen LogP contribution in [0.2, 0.25) is 0 Å². The highest BCUT2D eigenvalue weighted by atomic mass is 32.2. The molecule has 0 saturated heterocycles. The first kappa shape index (κ1) is 16.5. The van der Waals surface area contributed by atoms with Gasteiger partial charge in [-0.05, 0) is 37.3 Å². The molecule has 26 heavy (non-hydrogen) atoms. The normalized spacial score (nSPS) is 15.9. The maximum absolute atomic E-state index is 12.2. The van der Waals surface area contributed by atoms with Crippen LogP contribution < -0.4 is 15.4 Å². The minimum atomic E-state index is -0.532. The van der Waals surface area contributed by atoms with Crippen molar-refractivity contribution in [1.29, 1.82) is 0 Å². The highest BCUT2D eigenvalue weighted by molar-refractivity contribution is 7.99. The Hall–Kier alpha value is -3.00. The van der Waals surface area contributed by atoms with Gasteiger partial charge in [-0.25, -0.2) is 4.98 Å². The predicted octanol–water partition coefficient (Wildman–Crippen LogP) is 3.28. The largest absolute Gasteiger partial charge is 0.479 e. The number of amides is 2. The summed E-state index contributed by atoms with van der Waals surface area (Å²) < 4.78 is 11.1. The van der Waals surface area contributed by atoms with E-state index in [2.05, 4.69) is 15.6 Å². The Morgan fingerprint density at radius 3 is 3.00 bits per heavy atom. The summed E-state index contributed by atoms with van der Waals surface area (Å²) in [6, 6.07) is 12.5. The van der Waals surface area contributed by atoms with E-state index < -0.39 is 6.10 Å². The number of para-hydroxylation sites is 2. The number of fused-ring (bicyclic) bond motifs is 2. The van der Waals surface area contributed by atoms with E-state index in [0.29, 0.717) is 27.9 Å². The molecule has 1 aliphatic heterocycles. The summed E-state index contributed by atoms with van der Waals surface area (Å²) in [6.45, 7) is 1.68. The van der Waals surface area contributed by atoms with Crippen molar-refractivity contribution in [2.24, 2.45) is 0 Å². The molecule has 2 aromatic carbocycles. The molecule has 2 amide bonds. The van der Waals surface area contributed by atoms with Crippen molar-refractivity contribution in [1.82, 2.24) is 4.98 Å². The number of anilines is 2. The van der Waals surface area contributed by atoms with Gasteiger partial charge >= 0.3 is 0 Å². The third-order valence-corrected chi connectivity index (χ3v) is 4.62. The van der Waals surface area contributed by atoms with Gasteiger partial charge in [-0.2, -0.15) is 0 Å². The van der Waals surface area contributed by atoms with Gasteiger partial charge in [0, 0.05) is 5.69 Å². The van der Waals surface area contributed by atoms with Crippen molar-refractivity contribution in [2.75, 3.05) is 16.4 Å². The lowest BCUT2D eigenvalue weighted by molar-refractivity contribution is -0.122. The number of benzene rings is 2. The molecule has 1 aromatic heterocycles. The first-order chi connectivity index (χ1) is 12.6. The van der Waals surface area contributed by atoms with E-state index in [1.54, 1.807) is 25.1 Å². The van der Waals surface area contributed by atoms with Crippen LogP contribution in [-0.4, -0.2) is 28.7 Å². The lowest BCUT2D eigenvalue weighted by Crippen LogP contribution is -2.34. The van der Waals surface area contributed by atoms with Crippen LogP contribution in [0.3, 0.4) is 0 Å². The molecule has 0 unspecified atom stereocenters. The molecule has 132 valence electrons. The van der Waals surface area contributed by atoms with Crippen molar-refractivity contribution in [3.8, 4) is 5.75 Å². The summed E-state index contributed by atoms with van der Waals surface area (Å²) in [6.07, 6.45) is -0.532. The highest BCUT2D eigenvalue weighted by Gasteiger charge is 2.23. The van der Waals surface area contributed by atoms with Crippen LogP contribution in [0.1, 0.15) is 6.92 Å². The first-order valence-corrected chi connectivity index (χ1v) is 8.97. The lowest BCUT2D eigenvalue weighted by Gasteiger charge is -2.23. The second-order valence-electron chi connectivity index (χ2n) is 5.74. The first-order valence-electron chi connectivity index (χ1n) is 7.98. The molecule has 0 bridgehead atoms. The Kier molecular flexibility index (Phi) is 4.26. The van der Waals surface area contributed by atoms with Gasteiger partial charge in [0.15, 0.2) is 11.7 Å². The van der Waals surface area contributed by atoms with Gasteiger partial charge in [0.1, 0.15) is 11.3 Å². The predicted molar refractivity (Wildman–Crippen MR) is 98.5 cm³/mol. The molecule has 0 spiro atoms. The molecule has 0 radical (unpaired) electrons. The second kappa shape index (κ2) is 6.72. The maximum atomic E-state index is 12.2. The summed E-state index contributed by atoms with van der Waals surface area (Å²) >= 11 is 1.22. The van der Waals surface area contributed by atoms with E-state index in [4.69, 9.17) is 9.15 Å². The summed E-state index contributed by atoms with van der Waals surface area (Å²) in [5, 5.41) is 5.98. The number of hydrogen-bond donors (Lipinski definition) is 2. The van der Waals surface area contributed by atoms with E-state index in [9.17, 15) is 9.59 Å². The molecule has 0 fully saturated rings. The average Bonchev–Trinajstić information content (AvgIpc) is 3.04. The fourth-order valence-corrected chi connectivity index (χ4v) is 3.16. The van der Waals surface area contributed by atoms with Crippen molar-refractivity contribution < 1.29 is 18.7 Å². The number of ether oxygens (including phenoxy) is 1. The van der Waals surface area contributed by atoms with Crippen LogP contribution in [0.5, 0.6) is 5.75 Å². The van der Waals surface area contributed by atoms with Gasteiger partial charge in [-0.3, -0.25) is 9.59 Å². The van der Waals surface area contributed by atoms with Crippen LogP contribution in [0.15, 0.2) is 52.1 Å². The van der Waals surface area contributed by atoms with Crippen molar-refractivity contribution >= 4 is 46.1 Å². The zero-order chi connectivity index (χ0) is 18.1. The third-order valence-electron chi connectivity index (χ3n) is 3.80. The Labute approximate surface area is 153 Å². The summed E-state index contributed by atoms with van der Waals surface area (Å²) in [7, 11) is 0. The van der Waals surface area contributed by atoms with Crippen LogP contribution in [-0.2, 0) is 9.59 Å². The second-order valence-corrected chi connectivity index (χ2v) is 6.67. The van der Waals surface area contributed by atoms with Gasteiger partial charge in [0.2, 0.25) is 5.91 Å². The zero-order valence-electron chi connectivity index (χ0n) is 13.8. The zero-order valence-corrected chi connectivity index (χ0v) is 14.6. The van der Waals surface area contributed by atoms with Gasteiger partial charge in [-0.1, -0.05) is 23.9 Å². The monoisotopic (exact) mass is 369 g/mol. The van der Waals surface area contributed by atoms with Crippen molar-refractivity contribution in [2.45, 2.75) is 18.3 Å². The maximum Gasteiger partial charge on any atom is 0.265 e. The molecule has 2 heterocycles. The van der Waals surface area contributed by atoms with Crippen LogP contribution >= 0.6 is 11.8 Å². The van der Waals surface area contributed by atoms with E-state index in [0.717, 1.165) is 5.52 Å². The average molecular weight is 369 g/mol. The smallest absolute Gasteiger partial charge is 0.265 e. The minimum absolute atomic E-state index is 0.157. The molecule has 0 aliphatic carbocycles.